The van der Waals surface area contributed by atoms with Gasteiger partial charge in [-0.3, -0.25) is 10.4 Å². The molecule has 1 saturated carbocycles. The summed E-state index contributed by atoms with van der Waals surface area (Å²) in [7, 11) is 0. The van der Waals surface area contributed by atoms with Gasteiger partial charge in [-0.05, 0) is 34.8 Å². The summed E-state index contributed by atoms with van der Waals surface area (Å²) in [5.41, 5.74) is 6.56. The molecule has 1 fully saturated rings. The number of aromatic nitrogens is 1. The molecule has 86 valence electrons. The lowest BCUT2D eigenvalue weighted by Crippen LogP contribution is -2.30. The van der Waals surface area contributed by atoms with Crippen molar-refractivity contribution in [2.24, 2.45) is 5.73 Å². The van der Waals surface area contributed by atoms with Crippen LogP contribution in [-0.2, 0) is 0 Å². The second-order valence-corrected chi connectivity index (χ2v) is 4.88. The zero-order valence-electron chi connectivity index (χ0n) is 8.99. The fraction of sp³-hybridized carbons (Fsp3) is 0.455. The van der Waals surface area contributed by atoms with Gasteiger partial charge in [0.05, 0.1) is 16.0 Å². The van der Waals surface area contributed by atoms with E-state index in [2.05, 4.69) is 25.8 Å². The highest BCUT2D eigenvalue weighted by atomic mass is 79.9. The van der Waals surface area contributed by atoms with Crippen molar-refractivity contribution in [3.05, 3.63) is 22.9 Å². The van der Waals surface area contributed by atoms with Crippen LogP contribution in [0.5, 0.6) is 0 Å². The van der Waals surface area contributed by atoms with Gasteiger partial charge in [-0.25, -0.2) is 0 Å². The zero-order valence-corrected chi connectivity index (χ0v) is 10.6. The molecule has 3 N–H and O–H groups in total. The summed E-state index contributed by atoms with van der Waals surface area (Å²) in [5.74, 6) is 0.246. The van der Waals surface area contributed by atoms with Gasteiger partial charge in [-0.1, -0.05) is 0 Å². The molecule has 2 rings (SSSR count). The lowest BCUT2D eigenvalue weighted by molar-refractivity contribution is 0.794. The maximum atomic E-state index is 7.29. The van der Waals surface area contributed by atoms with Crippen molar-refractivity contribution in [3.8, 4) is 0 Å². The van der Waals surface area contributed by atoms with Crippen LogP contribution < -0.4 is 10.6 Å². The van der Waals surface area contributed by atoms with E-state index in [0.29, 0.717) is 12.5 Å². The quantitative estimate of drug-likeness (QED) is 0.642. The maximum absolute atomic E-state index is 7.29. The third-order valence-electron chi connectivity index (χ3n) is 2.67. The van der Waals surface area contributed by atoms with E-state index in [0.717, 1.165) is 16.7 Å². The summed E-state index contributed by atoms with van der Waals surface area (Å²) in [5, 5.41) is 7.29. The molecule has 16 heavy (non-hydrogen) atoms. The molecule has 0 bridgehead atoms. The maximum Gasteiger partial charge on any atom is 0.0923 e. The molecule has 5 heteroatoms. The smallest absolute Gasteiger partial charge is 0.0923 e. The summed E-state index contributed by atoms with van der Waals surface area (Å²) >= 11 is 3.51. The van der Waals surface area contributed by atoms with Crippen LogP contribution >= 0.6 is 15.9 Å². The molecule has 4 nitrogen and oxygen atoms in total. The molecule has 1 aliphatic carbocycles. The average molecular weight is 283 g/mol. The number of halogens is 1. The summed E-state index contributed by atoms with van der Waals surface area (Å²) in [6, 6.07) is 2.61. The first-order valence-electron chi connectivity index (χ1n) is 5.37. The molecule has 1 aromatic rings. The molecule has 0 aromatic carbocycles. The molecule has 0 atom stereocenters. The molecule has 0 radical (unpaired) electrons. The van der Waals surface area contributed by atoms with E-state index in [1.807, 2.05) is 6.07 Å². The minimum absolute atomic E-state index is 0.246. The van der Waals surface area contributed by atoms with E-state index < -0.39 is 0 Å². The molecule has 1 heterocycles. The first-order chi connectivity index (χ1) is 7.68. The summed E-state index contributed by atoms with van der Waals surface area (Å²) < 4.78 is 1.01. The minimum Gasteiger partial charge on any atom is -0.388 e. The van der Waals surface area contributed by atoms with Crippen LogP contribution in [0.2, 0.25) is 0 Å². The van der Waals surface area contributed by atoms with Gasteiger partial charge < -0.3 is 10.6 Å². The summed E-state index contributed by atoms with van der Waals surface area (Å²) in [6.45, 7) is 0.808. The highest BCUT2D eigenvalue weighted by Gasteiger charge is 2.29. The zero-order chi connectivity index (χ0) is 11.5. The fourth-order valence-corrected chi connectivity index (χ4v) is 2.21. The molecular weight excluding hydrogens is 268 g/mol. The van der Waals surface area contributed by atoms with E-state index in [1.165, 1.54) is 12.8 Å². The van der Waals surface area contributed by atoms with Gasteiger partial charge in [0.25, 0.3) is 0 Å². The van der Waals surface area contributed by atoms with Crippen molar-refractivity contribution in [2.45, 2.75) is 25.3 Å². The second-order valence-electron chi connectivity index (χ2n) is 4.03. The van der Waals surface area contributed by atoms with Crippen LogP contribution in [0.4, 0.5) is 5.69 Å². The van der Waals surface area contributed by atoms with Crippen LogP contribution in [0.3, 0.4) is 0 Å². The van der Waals surface area contributed by atoms with Crippen molar-refractivity contribution < 1.29 is 0 Å². The van der Waals surface area contributed by atoms with Crippen LogP contribution in [0.1, 0.15) is 19.3 Å². The largest absolute Gasteiger partial charge is 0.388 e. The Morgan fingerprint density at radius 2 is 2.38 bits per heavy atom. The van der Waals surface area contributed by atoms with Gasteiger partial charge in [0.2, 0.25) is 0 Å². The number of nitrogens with zero attached hydrogens (tertiary/aromatic N) is 2. The molecule has 0 aliphatic heterocycles. The Bertz CT molecular complexity index is 389. The first-order valence-corrected chi connectivity index (χ1v) is 6.17. The van der Waals surface area contributed by atoms with Crippen LogP contribution in [0.25, 0.3) is 0 Å². The van der Waals surface area contributed by atoms with E-state index in [1.54, 1.807) is 12.4 Å². The Morgan fingerprint density at radius 1 is 1.62 bits per heavy atom. The predicted octanol–water partition coefficient (Wildman–Crippen LogP) is 2.14. The number of anilines is 1. The molecular formula is C11H15BrN4. The number of amidine groups is 1. The van der Waals surface area contributed by atoms with Gasteiger partial charge in [-0.15, -0.1) is 0 Å². The Kier molecular flexibility index (Phi) is 3.43. The number of hydrogen-bond acceptors (Lipinski definition) is 3. The van der Waals surface area contributed by atoms with Crippen molar-refractivity contribution in [2.75, 3.05) is 11.4 Å². The average Bonchev–Trinajstić information content (AvgIpc) is 3.04. The van der Waals surface area contributed by atoms with E-state index in [4.69, 9.17) is 11.1 Å². The third-order valence-corrected chi connectivity index (χ3v) is 3.28. The predicted molar refractivity (Wildman–Crippen MR) is 68.8 cm³/mol. The SMILES string of the molecule is N=C(N)CCN(c1ccncc1Br)C1CC1. The lowest BCUT2D eigenvalue weighted by atomic mass is 10.3. The number of nitrogens with two attached hydrogens (primary N) is 1. The molecule has 1 aromatic heterocycles. The van der Waals surface area contributed by atoms with Gasteiger partial charge >= 0.3 is 0 Å². The molecule has 0 unspecified atom stereocenters. The summed E-state index contributed by atoms with van der Waals surface area (Å²) in [4.78, 5) is 6.37. The number of nitrogens with one attached hydrogen (secondary N) is 1. The molecule has 1 aliphatic rings. The Balaban J connectivity index is 2.12. The van der Waals surface area contributed by atoms with Gasteiger partial charge in [-0.2, -0.15) is 0 Å². The van der Waals surface area contributed by atoms with Gasteiger partial charge in [0, 0.05) is 31.4 Å². The normalized spacial score (nSPS) is 14.8. The first kappa shape index (κ1) is 11.4. The molecule has 0 spiro atoms. The standard InChI is InChI=1S/C11H15BrN4/c12-9-7-15-5-3-10(9)16(8-1-2-8)6-4-11(13)14/h3,5,7-8H,1-2,4,6H2,(H3,13,14). The van der Waals surface area contributed by atoms with Crippen molar-refractivity contribution in [3.63, 3.8) is 0 Å². The van der Waals surface area contributed by atoms with Gasteiger partial charge in [0.1, 0.15) is 0 Å². The van der Waals surface area contributed by atoms with E-state index >= 15 is 0 Å². The summed E-state index contributed by atoms with van der Waals surface area (Å²) in [6.07, 6.45) is 6.67. The number of pyridine rings is 1. The number of hydrogen-bond donors (Lipinski definition) is 2. The van der Waals surface area contributed by atoms with Crippen LogP contribution in [0, 0.1) is 5.41 Å². The molecule has 0 amide bonds. The monoisotopic (exact) mass is 282 g/mol. The minimum atomic E-state index is 0.246. The van der Waals surface area contributed by atoms with Crippen molar-refractivity contribution in [1.82, 2.24) is 4.98 Å². The van der Waals surface area contributed by atoms with Crippen LogP contribution in [-0.4, -0.2) is 23.4 Å². The van der Waals surface area contributed by atoms with Crippen LogP contribution in [0.15, 0.2) is 22.9 Å². The lowest BCUT2D eigenvalue weighted by Gasteiger charge is -2.25. The third kappa shape index (κ3) is 2.72. The Morgan fingerprint density at radius 3 is 2.94 bits per heavy atom. The molecule has 0 saturated heterocycles. The van der Waals surface area contributed by atoms with Crippen molar-refractivity contribution >= 4 is 27.5 Å². The highest BCUT2D eigenvalue weighted by Crippen LogP contribution is 2.35. The Hall–Kier alpha value is -1.10. The van der Waals surface area contributed by atoms with E-state index in [9.17, 15) is 0 Å². The Labute approximate surface area is 103 Å². The topological polar surface area (TPSA) is 66.0 Å². The van der Waals surface area contributed by atoms with Gasteiger partial charge in [0.15, 0.2) is 0 Å². The fourth-order valence-electron chi connectivity index (χ4n) is 1.73. The van der Waals surface area contributed by atoms with Crippen molar-refractivity contribution in [1.29, 1.82) is 5.41 Å². The second kappa shape index (κ2) is 4.82. The van der Waals surface area contributed by atoms with E-state index in [-0.39, 0.29) is 5.84 Å². The number of rotatable bonds is 5. The highest BCUT2D eigenvalue weighted by molar-refractivity contribution is 9.10.